The molecule has 1 amide bonds. The molecule has 0 aliphatic carbocycles. The molecule has 1 saturated heterocycles. The highest BCUT2D eigenvalue weighted by Gasteiger charge is 2.48. The quantitative estimate of drug-likeness (QED) is 0.761. The molecule has 1 fully saturated rings. The summed E-state index contributed by atoms with van der Waals surface area (Å²) in [7, 11) is 0. The number of Topliss-reactive ketones (excluding diaryl/α,β-unsaturated/α-hetero) is 1. The SMILES string of the molecule is CC(C)(C)OC(=O)N1CC(=O)C[C@@](F)(C(=O)O)C1. The van der Waals surface area contributed by atoms with Crippen LogP contribution in [0.4, 0.5) is 9.18 Å². The molecule has 18 heavy (non-hydrogen) atoms. The van der Waals surface area contributed by atoms with E-state index in [2.05, 4.69) is 0 Å². The Bertz CT molecular complexity index is 389. The highest BCUT2D eigenvalue weighted by Crippen LogP contribution is 2.25. The molecular formula is C11H16FNO5. The van der Waals surface area contributed by atoms with Crippen molar-refractivity contribution < 1.29 is 28.6 Å². The maximum Gasteiger partial charge on any atom is 0.410 e. The summed E-state index contributed by atoms with van der Waals surface area (Å²) in [5, 5.41) is 8.74. The van der Waals surface area contributed by atoms with Gasteiger partial charge in [0.15, 0.2) is 5.78 Å². The number of ether oxygens (including phenoxy) is 1. The molecule has 1 aliphatic rings. The van der Waals surface area contributed by atoms with Crippen molar-refractivity contribution in [3.63, 3.8) is 0 Å². The molecule has 0 radical (unpaired) electrons. The van der Waals surface area contributed by atoms with Gasteiger partial charge < -0.3 is 9.84 Å². The highest BCUT2D eigenvalue weighted by molar-refractivity contribution is 5.93. The lowest BCUT2D eigenvalue weighted by atomic mass is 9.94. The number of rotatable bonds is 1. The van der Waals surface area contributed by atoms with Crippen LogP contribution in [0.3, 0.4) is 0 Å². The van der Waals surface area contributed by atoms with Gasteiger partial charge in [-0.2, -0.15) is 0 Å². The normalized spacial score (nSPS) is 24.9. The molecule has 6 nitrogen and oxygen atoms in total. The molecule has 0 unspecified atom stereocenters. The zero-order valence-electron chi connectivity index (χ0n) is 10.5. The van der Waals surface area contributed by atoms with Gasteiger partial charge in [0.2, 0.25) is 5.67 Å². The molecule has 0 spiro atoms. The number of likely N-dealkylation sites (tertiary alicyclic amines) is 1. The molecule has 102 valence electrons. The number of carbonyl (C=O) groups is 3. The van der Waals surface area contributed by atoms with Gasteiger partial charge in [0.25, 0.3) is 0 Å². The first-order valence-electron chi connectivity index (χ1n) is 5.45. The number of amides is 1. The number of hydrogen-bond donors (Lipinski definition) is 1. The van der Waals surface area contributed by atoms with Crippen LogP contribution in [-0.2, 0) is 14.3 Å². The van der Waals surface area contributed by atoms with E-state index < -0.39 is 42.1 Å². The average Bonchev–Trinajstić information content (AvgIpc) is 2.13. The molecule has 0 aromatic rings. The lowest BCUT2D eigenvalue weighted by molar-refractivity contribution is -0.157. The van der Waals surface area contributed by atoms with E-state index in [0.717, 1.165) is 4.90 Å². The zero-order valence-corrected chi connectivity index (χ0v) is 10.5. The minimum atomic E-state index is -2.73. The predicted molar refractivity (Wildman–Crippen MR) is 58.9 cm³/mol. The number of hydrogen-bond acceptors (Lipinski definition) is 4. The lowest BCUT2D eigenvalue weighted by Crippen LogP contribution is -2.56. The van der Waals surface area contributed by atoms with Crippen LogP contribution in [0.5, 0.6) is 0 Å². The van der Waals surface area contributed by atoms with E-state index in [-0.39, 0.29) is 6.54 Å². The number of carboxylic acids is 1. The summed E-state index contributed by atoms with van der Waals surface area (Å²) in [4.78, 5) is 34.5. The van der Waals surface area contributed by atoms with Crippen molar-refractivity contribution in [2.45, 2.75) is 38.5 Å². The molecule has 7 heteroatoms. The molecule has 1 heterocycles. The Kier molecular flexibility index (Phi) is 3.64. The van der Waals surface area contributed by atoms with E-state index in [0.29, 0.717) is 0 Å². The van der Waals surface area contributed by atoms with Gasteiger partial charge in [0, 0.05) is 0 Å². The summed E-state index contributed by atoms with van der Waals surface area (Å²) in [6.45, 7) is 3.86. The second kappa shape index (κ2) is 4.55. The number of halogens is 1. The van der Waals surface area contributed by atoms with Gasteiger partial charge in [0.05, 0.1) is 19.5 Å². The van der Waals surface area contributed by atoms with Crippen LogP contribution < -0.4 is 0 Å². The Morgan fingerprint density at radius 1 is 1.44 bits per heavy atom. The number of ketones is 1. The smallest absolute Gasteiger partial charge is 0.410 e. The summed E-state index contributed by atoms with van der Waals surface area (Å²) in [5.74, 6) is -2.39. The van der Waals surface area contributed by atoms with E-state index in [1.165, 1.54) is 0 Å². The van der Waals surface area contributed by atoms with Gasteiger partial charge in [-0.25, -0.2) is 14.0 Å². The van der Waals surface area contributed by atoms with E-state index in [1.54, 1.807) is 20.8 Å². The average molecular weight is 261 g/mol. The topological polar surface area (TPSA) is 83.9 Å². The fourth-order valence-corrected chi connectivity index (χ4v) is 1.59. The van der Waals surface area contributed by atoms with E-state index in [4.69, 9.17) is 9.84 Å². The van der Waals surface area contributed by atoms with E-state index in [9.17, 15) is 18.8 Å². The van der Waals surface area contributed by atoms with Crippen molar-refractivity contribution in [2.24, 2.45) is 0 Å². The van der Waals surface area contributed by atoms with Crippen LogP contribution in [0.25, 0.3) is 0 Å². The molecule has 1 aliphatic heterocycles. The van der Waals surface area contributed by atoms with Gasteiger partial charge in [0.1, 0.15) is 5.60 Å². The number of carboxylic acid groups (broad SMARTS) is 1. The van der Waals surface area contributed by atoms with Crippen molar-refractivity contribution in [3.05, 3.63) is 0 Å². The molecule has 0 aromatic heterocycles. The van der Waals surface area contributed by atoms with Crippen LogP contribution in [0.2, 0.25) is 0 Å². The Morgan fingerprint density at radius 2 is 2.00 bits per heavy atom. The number of aliphatic carboxylic acids is 1. The molecule has 0 saturated carbocycles. The first-order valence-corrected chi connectivity index (χ1v) is 5.45. The Balaban J connectivity index is 2.81. The predicted octanol–water partition coefficient (Wildman–Crippen LogP) is 0.989. The number of carbonyl (C=O) groups excluding carboxylic acids is 2. The second-order valence-electron chi connectivity index (χ2n) is 5.32. The van der Waals surface area contributed by atoms with Crippen LogP contribution in [0.15, 0.2) is 0 Å². The zero-order chi connectivity index (χ0) is 14.1. The summed E-state index contributed by atoms with van der Waals surface area (Å²) < 4.78 is 18.9. The minimum Gasteiger partial charge on any atom is -0.479 e. The van der Waals surface area contributed by atoms with Gasteiger partial charge in [-0.1, -0.05) is 0 Å². The molecule has 1 N–H and O–H groups in total. The van der Waals surface area contributed by atoms with Gasteiger partial charge in [-0.05, 0) is 20.8 Å². The van der Waals surface area contributed by atoms with Crippen molar-refractivity contribution in [1.29, 1.82) is 0 Å². The maximum atomic E-state index is 13.9. The number of piperidine rings is 1. The number of alkyl halides is 1. The molecule has 1 atom stereocenters. The number of nitrogens with zero attached hydrogens (tertiary/aromatic N) is 1. The van der Waals surface area contributed by atoms with Crippen LogP contribution in [0, 0.1) is 0 Å². The molecular weight excluding hydrogens is 245 g/mol. The fourth-order valence-electron chi connectivity index (χ4n) is 1.59. The van der Waals surface area contributed by atoms with Crippen molar-refractivity contribution in [2.75, 3.05) is 13.1 Å². The van der Waals surface area contributed by atoms with Crippen molar-refractivity contribution in [1.82, 2.24) is 4.90 Å². The third-order valence-electron chi connectivity index (χ3n) is 2.32. The monoisotopic (exact) mass is 261 g/mol. The van der Waals surface area contributed by atoms with Crippen LogP contribution in [-0.4, -0.2) is 52.2 Å². The lowest BCUT2D eigenvalue weighted by Gasteiger charge is -2.34. The van der Waals surface area contributed by atoms with Gasteiger partial charge >= 0.3 is 12.1 Å². The molecule has 0 aromatic carbocycles. The standard InChI is InChI=1S/C11H16FNO5/c1-10(2,3)18-9(17)13-5-7(14)4-11(12,6-13)8(15)16/h4-6H2,1-3H3,(H,15,16)/t11-/m0/s1. The van der Waals surface area contributed by atoms with Gasteiger partial charge in [-0.3, -0.25) is 9.69 Å². The van der Waals surface area contributed by atoms with E-state index in [1.807, 2.05) is 0 Å². The van der Waals surface area contributed by atoms with Crippen LogP contribution >= 0.6 is 0 Å². The molecule has 1 rings (SSSR count). The fraction of sp³-hybridized carbons (Fsp3) is 0.727. The Hall–Kier alpha value is -1.66. The van der Waals surface area contributed by atoms with Crippen LogP contribution in [0.1, 0.15) is 27.2 Å². The van der Waals surface area contributed by atoms with Gasteiger partial charge in [-0.15, -0.1) is 0 Å². The largest absolute Gasteiger partial charge is 0.479 e. The first-order chi connectivity index (χ1) is 8.03. The summed E-state index contributed by atoms with van der Waals surface area (Å²) in [6.07, 6.45) is -1.61. The first kappa shape index (κ1) is 14.4. The van der Waals surface area contributed by atoms with Crippen molar-refractivity contribution >= 4 is 17.8 Å². The Labute approximate surface area is 104 Å². The van der Waals surface area contributed by atoms with Crippen molar-refractivity contribution in [3.8, 4) is 0 Å². The summed E-state index contributed by atoms with van der Waals surface area (Å²) >= 11 is 0. The Morgan fingerprint density at radius 3 is 2.44 bits per heavy atom. The highest BCUT2D eigenvalue weighted by atomic mass is 19.1. The molecule has 0 bridgehead atoms. The van der Waals surface area contributed by atoms with E-state index >= 15 is 0 Å². The third kappa shape index (κ3) is 3.41. The second-order valence-corrected chi connectivity index (χ2v) is 5.32. The minimum absolute atomic E-state index is 0.326. The summed E-state index contributed by atoms with van der Waals surface area (Å²) in [6, 6.07) is 0. The summed E-state index contributed by atoms with van der Waals surface area (Å²) in [5.41, 5.74) is -3.52. The maximum absolute atomic E-state index is 13.9. The third-order valence-corrected chi connectivity index (χ3v) is 2.32.